The molecule has 0 bridgehead atoms. The van der Waals surface area contributed by atoms with Crippen molar-refractivity contribution >= 4 is 27.8 Å². The van der Waals surface area contributed by atoms with Gasteiger partial charge in [-0.1, -0.05) is 15.9 Å². The number of benzene rings is 1. The molecule has 1 amide bonds. The monoisotopic (exact) mass is 351 g/mol. The number of carbonyl (C=O) groups is 2. The highest BCUT2D eigenvalue weighted by molar-refractivity contribution is 9.10. The van der Waals surface area contributed by atoms with E-state index in [9.17, 15) is 18.4 Å². The Labute approximate surface area is 122 Å². The van der Waals surface area contributed by atoms with E-state index in [1.165, 1.54) is 7.11 Å². The van der Waals surface area contributed by atoms with Crippen molar-refractivity contribution in [3.8, 4) is 0 Å². The van der Waals surface area contributed by atoms with E-state index in [-0.39, 0.29) is 17.5 Å². The lowest BCUT2D eigenvalue weighted by Crippen LogP contribution is -2.42. The molecule has 0 aliphatic heterocycles. The van der Waals surface area contributed by atoms with Crippen molar-refractivity contribution in [2.24, 2.45) is 0 Å². The zero-order valence-corrected chi connectivity index (χ0v) is 12.0. The van der Waals surface area contributed by atoms with E-state index >= 15 is 0 Å². The first-order chi connectivity index (χ1) is 9.36. The number of carboxylic acids is 1. The van der Waals surface area contributed by atoms with Gasteiger partial charge in [0, 0.05) is 24.6 Å². The fourth-order valence-corrected chi connectivity index (χ4v) is 1.88. The first-order valence-corrected chi connectivity index (χ1v) is 6.33. The Kier molecular flexibility index (Phi) is 6.03. The van der Waals surface area contributed by atoms with E-state index in [1.54, 1.807) is 0 Å². The Bertz CT molecular complexity index is 501. The fraction of sp³-hybridized carbons (Fsp3) is 0.333. The van der Waals surface area contributed by atoms with Gasteiger partial charge in [0.25, 0.3) is 5.91 Å². The second-order valence-electron chi connectivity index (χ2n) is 3.89. The zero-order valence-electron chi connectivity index (χ0n) is 10.5. The molecule has 0 aliphatic carbocycles. The Morgan fingerprint density at radius 3 is 2.40 bits per heavy atom. The number of hydrogen-bond donors (Lipinski definition) is 2. The van der Waals surface area contributed by atoms with Crippen LogP contribution in [0, 0.1) is 11.6 Å². The maximum absolute atomic E-state index is 13.6. The molecule has 0 spiro atoms. The van der Waals surface area contributed by atoms with Crippen molar-refractivity contribution in [1.82, 2.24) is 5.32 Å². The van der Waals surface area contributed by atoms with Gasteiger partial charge >= 0.3 is 5.97 Å². The summed E-state index contributed by atoms with van der Waals surface area (Å²) < 4.78 is 32.0. The van der Waals surface area contributed by atoms with Gasteiger partial charge in [0.05, 0.1) is 0 Å². The number of aliphatic carboxylic acids is 1. The Hall–Kier alpha value is -1.54. The van der Waals surface area contributed by atoms with Crippen molar-refractivity contribution in [1.29, 1.82) is 0 Å². The minimum atomic E-state index is -1.31. The largest absolute Gasteiger partial charge is 0.480 e. The van der Waals surface area contributed by atoms with Crippen LogP contribution in [0.4, 0.5) is 8.78 Å². The van der Waals surface area contributed by atoms with Crippen LogP contribution in [-0.2, 0) is 9.53 Å². The number of ether oxygens (including phenoxy) is 1. The highest BCUT2D eigenvalue weighted by Gasteiger charge is 2.24. The summed E-state index contributed by atoms with van der Waals surface area (Å²) in [6.07, 6.45) is -0.0165. The van der Waals surface area contributed by atoms with E-state index < -0.39 is 35.1 Å². The summed E-state index contributed by atoms with van der Waals surface area (Å²) in [7, 11) is 1.37. The highest BCUT2D eigenvalue weighted by atomic mass is 79.9. The van der Waals surface area contributed by atoms with E-state index in [4.69, 9.17) is 9.84 Å². The molecule has 0 aromatic heterocycles. The van der Waals surface area contributed by atoms with E-state index in [2.05, 4.69) is 21.2 Å². The van der Waals surface area contributed by atoms with Gasteiger partial charge in [-0.3, -0.25) is 4.79 Å². The Balaban J connectivity index is 2.92. The topological polar surface area (TPSA) is 75.6 Å². The lowest BCUT2D eigenvalue weighted by atomic mass is 10.1. The molecule has 1 rings (SSSR count). The molecular formula is C12H12BrF2NO4. The average molecular weight is 352 g/mol. The summed E-state index contributed by atoms with van der Waals surface area (Å²) in [5, 5.41) is 11.0. The minimum Gasteiger partial charge on any atom is -0.480 e. The van der Waals surface area contributed by atoms with Crippen LogP contribution >= 0.6 is 15.9 Å². The maximum Gasteiger partial charge on any atom is 0.326 e. The van der Waals surface area contributed by atoms with Crippen LogP contribution in [0.5, 0.6) is 0 Å². The molecule has 0 saturated heterocycles. The van der Waals surface area contributed by atoms with Crippen LogP contribution in [0.25, 0.3) is 0 Å². The third-order valence-electron chi connectivity index (χ3n) is 2.45. The van der Waals surface area contributed by atoms with Crippen LogP contribution in [0.15, 0.2) is 16.6 Å². The summed E-state index contributed by atoms with van der Waals surface area (Å²) in [4.78, 5) is 22.7. The van der Waals surface area contributed by atoms with Crippen molar-refractivity contribution in [3.63, 3.8) is 0 Å². The molecule has 8 heteroatoms. The predicted molar refractivity (Wildman–Crippen MR) is 69.4 cm³/mol. The summed E-state index contributed by atoms with van der Waals surface area (Å²) in [6, 6.07) is 0.552. The number of carboxylic acid groups (broad SMARTS) is 1. The zero-order chi connectivity index (χ0) is 15.3. The number of hydrogen-bond acceptors (Lipinski definition) is 3. The molecule has 0 heterocycles. The summed E-state index contributed by atoms with van der Waals surface area (Å²) in [5.74, 6) is -4.60. The summed E-state index contributed by atoms with van der Waals surface area (Å²) >= 11 is 2.88. The molecule has 1 unspecified atom stereocenters. The highest BCUT2D eigenvalue weighted by Crippen LogP contribution is 2.19. The minimum absolute atomic E-state index is 0.0165. The summed E-state index contributed by atoms with van der Waals surface area (Å²) in [6.45, 7) is 0.0859. The molecule has 0 aliphatic rings. The van der Waals surface area contributed by atoms with Crippen molar-refractivity contribution in [2.45, 2.75) is 12.5 Å². The van der Waals surface area contributed by atoms with Crippen LogP contribution in [-0.4, -0.2) is 36.7 Å². The number of carbonyl (C=O) groups excluding carboxylic acids is 1. The van der Waals surface area contributed by atoms with Gasteiger partial charge in [-0.15, -0.1) is 0 Å². The van der Waals surface area contributed by atoms with Gasteiger partial charge in [-0.25, -0.2) is 13.6 Å². The molecule has 1 aromatic rings. The number of rotatable bonds is 6. The Morgan fingerprint density at radius 2 is 1.95 bits per heavy atom. The molecule has 20 heavy (non-hydrogen) atoms. The molecule has 110 valence electrons. The fourth-order valence-electron chi connectivity index (χ4n) is 1.48. The van der Waals surface area contributed by atoms with Crippen LogP contribution in [0.2, 0.25) is 0 Å². The quantitative estimate of drug-likeness (QED) is 0.821. The van der Waals surface area contributed by atoms with Crippen molar-refractivity contribution < 1.29 is 28.2 Å². The number of amides is 1. The standard InChI is InChI=1S/C12H12BrF2NO4/c1-20-3-2-9(12(18)19)16-11(17)10-7(14)4-6(13)5-8(10)15/h4-5,9H,2-3H2,1H3,(H,16,17)(H,18,19). The van der Waals surface area contributed by atoms with Gasteiger partial charge in [0.1, 0.15) is 23.2 Å². The molecule has 1 aromatic carbocycles. The van der Waals surface area contributed by atoms with Gasteiger partial charge in [-0.05, 0) is 12.1 Å². The van der Waals surface area contributed by atoms with Gasteiger partial charge in [0.2, 0.25) is 0 Å². The molecule has 5 nitrogen and oxygen atoms in total. The van der Waals surface area contributed by atoms with Gasteiger partial charge in [0.15, 0.2) is 0 Å². The van der Waals surface area contributed by atoms with Crippen molar-refractivity contribution in [3.05, 3.63) is 33.8 Å². The van der Waals surface area contributed by atoms with Crippen LogP contribution in [0.3, 0.4) is 0 Å². The molecular weight excluding hydrogens is 340 g/mol. The molecule has 0 saturated carbocycles. The Morgan fingerprint density at radius 1 is 1.40 bits per heavy atom. The molecule has 0 fully saturated rings. The maximum atomic E-state index is 13.6. The lowest BCUT2D eigenvalue weighted by Gasteiger charge is -2.14. The van der Waals surface area contributed by atoms with E-state index in [0.717, 1.165) is 12.1 Å². The van der Waals surface area contributed by atoms with Gasteiger partial charge < -0.3 is 15.2 Å². The summed E-state index contributed by atoms with van der Waals surface area (Å²) in [5.41, 5.74) is -0.822. The smallest absolute Gasteiger partial charge is 0.326 e. The second-order valence-corrected chi connectivity index (χ2v) is 4.81. The molecule has 0 radical (unpaired) electrons. The average Bonchev–Trinajstić information content (AvgIpc) is 2.32. The normalized spacial score (nSPS) is 12.0. The van der Waals surface area contributed by atoms with E-state index in [0.29, 0.717) is 0 Å². The van der Waals surface area contributed by atoms with Crippen LogP contribution < -0.4 is 5.32 Å². The van der Waals surface area contributed by atoms with E-state index in [1.807, 2.05) is 0 Å². The molecule has 2 N–H and O–H groups in total. The third kappa shape index (κ3) is 4.24. The first-order valence-electron chi connectivity index (χ1n) is 5.54. The third-order valence-corrected chi connectivity index (χ3v) is 2.91. The van der Waals surface area contributed by atoms with Gasteiger partial charge in [-0.2, -0.15) is 0 Å². The lowest BCUT2D eigenvalue weighted by molar-refractivity contribution is -0.139. The number of methoxy groups -OCH3 is 1. The number of nitrogens with one attached hydrogen (secondary N) is 1. The second kappa shape index (κ2) is 7.30. The number of halogens is 3. The predicted octanol–water partition coefficient (Wildman–Crippen LogP) is 1.95. The molecule has 1 atom stereocenters. The first kappa shape index (κ1) is 16.5. The van der Waals surface area contributed by atoms with Crippen molar-refractivity contribution in [2.75, 3.05) is 13.7 Å². The SMILES string of the molecule is COCCC(NC(=O)c1c(F)cc(Br)cc1F)C(=O)O. The van der Waals surface area contributed by atoms with Crippen LogP contribution in [0.1, 0.15) is 16.8 Å².